The molecule has 1 aliphatic rings. The summed E-state index contributed by atoms with van der Waals surface area (Å²) in [7, 11) is 0. The lowest BCUT2D eigenvalue weighted by atomic mass is 9.91. The molecular formula is C18H24N4O2. The van der Waals surface area contributed by atoms with Crippen LogP contribution in [0, 0.1) is 5.92 Å². The van der Waals surface area contributed by atoms with Gasteiger partial charge in [0.1, 0.15) is 0 Å². The average Bonchev–Trinajstić information content (AvgIpc) is 3.09. The van der Waals surface area contributed by atoms with E-state index in [1.807, 2.05) is 18.2 Å². The van der Waals surface area contributed by atoms with E-state index in [0.717, 1.165) is 31.7 Å². The number of aromatic amines is 1. The molecule has 0 unspecified atom stereocenters. The van der Waals surface area contributed by atoms with E-state index in [1.165, 1.54) is 5.56 Å². The summed E-state index contributed by atoms with van der Waals surface area (Å²) in [5.74, 6) is 0.0759. The Morgan fingerprint density at radius 3 is 2.88 bits per heavy atom. The minimum absolute atomic E-state index is 0.0251. The van der Waals surface area contributed by atoms with Crippen molar-refractivity contribution in [2.75, 3.05) is 19.7 Å². The Balaban J connectivity index is 1.57. The van der Waals surface area contributed by atoms with Crippen LogP contribution in [0.25, 0.3) is 0 Å². The van der Waals surface area contributed by atoms with Crippen LogP contribution >= 0.6 is 0 Å². The Kier molecular flexibility index (Phi) is 5.61. The zero-order valence-electron chi connectivity index (χ0n) is 13.7. The number of piperidine rings is 1. The molecule has 2 atom stereocenters. The molecule has 1 aliphatic heterocycles. The summed E-state index contributed by atoms with van der Waals surface area (Å²) in [5.41, 5.74) is 2.06. The Morgan fingerprint density at radius 1 is 1.33 bits per heavy atom. The maximum atomic E-state index is 12.2. The van der Waals surface area contributed by atoms with Gasteiger partial charge in [-0.05, 0) is 24.6 Å². The third-order valence-electron chi connectivity index (χ3n) is 4.58. The van der Waals surface area contributed by atoms with Gasteiger partial charge in [-0.1, -0.05) is 30.3 Å². The predicted octanol–water partition coefficient (Wildman–Crippen LogP) is 0.951. The number of benzene rings is 1. The zero-order valence-corrected chi connectivity index (χ0v) is 13.7. The molecule has 3 N–H and O–H groups in total. The third kappa shape index (κ3) is 4.43. The van der Waals surface area contributed by atoms with Crippen LogP contribution in [-0.4, -0.2) is 51.8 Å². The van der Waals surface area contributed by atoms with E-state index in [9.17, 15) is 9.90 Å². The Morgan fingerprint density at radius 2 is 2.17 bits per heavy atom. The van der Waals surface area contributed by atoms with Gasteiger partial charge < -0.3 is 10.4 Å². The molecule has 1 fully saturated rings. The lowest BCUT2D eigenvalue weighted by Crippen LogP contribution is -2.53. The second-order valence-electron chi connectivity index (χ2n) is 6.38. The number of hydrogen-bond acceptors (Lipinski definition) is 4. The lowest BCUT2D eigenvalue weighted by molar-refractivity contribution is -0.122. The first-order valence-corrected chi connectivity index (χ1v) is 8.39. The number of rotatable bonds is 6. The fraction of sp³-hybridized carbons (Fsp3) is 0.444. The molecule has 1 aromatic heterocycles. The van der Waals surface area contributed by atoms with Gasteiger partial charge in [0, 0.05) is 43.5 Å². The first-order valence-electron chi connectivity index (χ1n) is 8.39. The topological polar surface area (TPSA) is 81.2 Å². The van der Waals surface area contributed by atoms with Gasteiger partial charge in [-0.2, -0.15) is 5.10 Å². The first-order chi connectivity index (χ1) is 11.7. The van der Waals surface area contributed by atoms with Crippen LogP contribution in [0.4, 0.5) is 0 Å². The summed E-state index contributed by atoms with van der Waals surface area (Å²) in [4.78, 5) is 14.6. The summed E-state index contributed by atoms with van der Waals surface area (Å²) >= 11 is 0. The maximum Gasteiger partial charge on any atom is 0.226 e. The molecule has 6 heteroatoms. The van der Waals surface area contributed by atoms with Gasteiger partial charge >= 0.3 is 0 Å². The van der Waals surface area contributed by atoms with Gasteiger partial charge in [-0.25, -0.2) is 0 Å². The van der Waals surface area contributed by atoms with Crippen LogP contribution < -0.4 is 5.32 Å². The first kappa shape index (κ1) is 16.7. The molecule has 2 aromatic rings. The van der Waals surface area contributed by atoms with Crippen LogP contribution in [-0.2, 0) is 17.8 Å². The number of aliphatic hydroxyl groups is 1. The number of aromatic nitrogens is 2. The molecule has 24 heavy (non-hydrogen) atoms. The summed E-state index contributed by atoms with van der Waals surface area (Å²) in [5, 5.41) is 19.4. The molecule has 0 radical (unpaired) electrons. The molecule has 3 rings (SSSR count). The van der Waals surface area contributed by atoms with Crippen molar-refractivity contribution in [1.82, 2.24) is 20.4 Å². The highest BCUT2D eigenvalue weighted by Crippen LogP contribution is 2.19. The Labute approximate surface area is 141 Å². The van der Waals surface area contributed by atoms with Crippen molar-refractivity contribution in [3.8, 4) is 0 Å². The molecule has 6 nitrogen and oxygen atoms in total. The molecule has 1 saturated heterocycles. The Bertz CT molecular complexity index is 630. The van der Waals surface area contributed by atoms with Gasteiger partial charge in [0.25, 0.3) is 0 Å². The number of likely N-dealkylation sites (tertiary alicyclic amines) is 1. The molecule has 0 aliphatic carbocycles. The maximum absolute atomic E-state index is 12.2. The van der Waals surface area contributed by atoms with E-state index in [1.54, 1.807) is 12.3 Å². The normalized spacial score (nSPS) is 21.5. The molecule has 0 saturated carbocycles. The van der Waals surface area contributed by atoms with E-state index >= 15 is 0 Å². The summed E-state index contributed by atoms with van der Waals surface area (Å²) in [6.07, 6.45) is 2.81. The highest BCUT2D eigenvalue weighted by atomic mass is 16.3. The van der Waals surface area contributed by atoms with Gasteiger partial charge in [-0.3, -0.25) is 14.8 Å². The van der Waals surface area contributed by atoms with Crippen molar-refractivity contribution in [3.63, 3.8) is 0 Å². The van der Waals surface area contributed by atoms with E-state index in [2.05, 4.69) is 32.5 Å². The van der Waals surface area contributed by atoms with E-state index < -0.39 is 0 Å². The van der Waals surface area contributed by atoms with Crippen molar-refractivity contribution in [1.29, 1.82) is 0 Å². The smallest absolute Gasteiger partial charge is 0.226 e. The van der Waals surface area contributed by atoms with Crippen molar-refractivity contribution < 1.29 is 9.90 Å². The molecule has 128 valence electrons. The number of aliphatic hydroxyl groups excluding tert-OH is 1. The number of nitrogens with one attached hydrogen (secondary N) is 2. The largest absolute Gasteiger partial charge is 0.396 e. The van der Waals surface area contributed by atoms with E-state index in [4.69, 9.17) is 0 Å². The van der Waals surface area contributed by atoms with Gasteiger partial charge in [0.15, 0.2) is 0 Å². The number of carbonyl (C=O) groups is 1. The van der Waals surface area contributed by atoms with Gasteiger partial charge in [0.2, 0.25) is 5.91 Å². The van der Waals surface area contributed by atoms with Crippen molar-refractivity contribution >= 4 is 5.91 Å². The second-order valence-corrected chi connectivity index (χ2v) is 6.38. The van der Waals surface area contributed by atoms with Crippen molar-refractivity contribution in [2.24, 2.45) is 5.92 Å². The fourth-order valence-corrected chi connectivity index (χ4v) is 3.25. The van der Waals surface area contributed by atoms with Crippen LogP contribution in [0.15, 0.2) is 42.6 Å². The Hall–Kier alpha value is -2.18. The highest BCUT2D eigenvalue weighted by Gasteiger charge is 2.29. The number of nitrogens with zero attached hydrogens (tertiary/aromatic N) is 2. The van der Waals surface area contributed by atoms with Crippen LogP contribution in [0.3, 0.4) is 0 Å². The minimum atomic E-state index is -0.0377. The van der Waals surface area contributed by atoms with Gasteiger partial charge in [-0.15, -0.1) is 0 Å². The molecule has 0 bridgehead atoms. The van der Waals surface area contributed by atoms with Crippen LogP contribution in [0.5, 0.6) is 0 Å². The quantitative estimate of drug-likeness (QED) is 0.737. The molecular weight excluding hydrogens is 304 g/mol. The highest BCUT2D eigenvalue weighted by molar-refractivity contribution is 5.78. The third-order valence-corrected chi connectivity index (χ3v) is 4.58. The standard InChI is InChI=1S/C18H24N4O2/c23-13-15-7-9-22(11-14-4-2-1-3-5-14)12-17(15)20-18(24)10-16-6-8-19-21-16/h1-6,8,15,17,23H,7,9-13H2,(H,19,21)(H,20,24)/t15-,17+/m1/s1. The zero-order chi connectivity index (χ0) is 16.8. The lowest BCUT2D eigenvalue weighted by Gasteiger charge is -2.38. The second kappa shape index (κ2) is 8.08. The molecule has 1 aromatic carbocycles. The van der Waals surface area contributed by atoms with E-state index in [-0.39, 0.29) is 30.9 Å². The number of H-pyrrole nitrogens is 1. The van der Waals surface area contributed by atoms with Crippen molar-refractivity contribution in [3.05, 3.63) is 53.9 Å². The summed E-state index contributed by atoms with van der Waals surface area (Å²) in [6.45, 7) is 2.67. The number of carbonyl (C=O) groups excluding carboxylic acids is 1. The fourth-order valence-electron chi connectivity index (χ4n) is 3.25. The van der Waals surface area contributed by atoms with E-state index in [0.29, 0.717) is 0 Å². The summed E-state index contributed by atoms with van der Waals surface area (Å²) < 4.78 is 0. The van der Waals surface area contributed by atoms with Crippen molar-refractivity contribution in [2.45, 2.75) is 25.4 Å². The SMILES string of the molecule is O=C(Cc1ccn[nH]1)N[C@H]1CN(Cc2ccccc2)CC[C@@H]1CO. The monoisotopic (exact) mass is 328 g/mol. The van der Waals surface area contributed by atoms with Crippen LogP contribution in [0.1, 0.15) is 17.7 Å². The van der Waals surface area contributed by atoms with Gasteiger partial charge in [0.05, 0.1) is 6.42 Å². The molecule has 2 heterocycles. The van der Waals surface area contributed by atoms with Crippen LogP contribution in [0.2, 0.25) is 0 Å². The minimum Gasteiger partial charge on any atom is -0.396 e. The predicted molar refractivity (Wildman–Crippen MR) is 91.1 cm³/mol. The number of amides is 1. The molecule has 0 spiro atoms. The molecule has 1 amide bonds. The average molecular weight is 328 g/mol. The number of hydrogen-bond donors (Lipinski definition) is 3. The summed E-state index contributed by atoms with van der Waals surface area (Å²) in [6, 6.07) is 12.1.